The van der Waals surface area contributed by atoms with Crippen LogP contribution in [-0.4, -0.2) is 55.1 Å². The Morgan fingerprint density at radius 3 is 2.70 bits per heavy atom. The van der Waals surface area contributed by atoms with Crippen LogP contribution in [0.25, 0.3) is 0 Å². The Hall–Kier alpha value is -2.45. The van der Waals surface area contributed by atoms with Gasteiger partial charge in [-0.05, 0) is 5.56 Å². The molecular formula is C15H20N4O4. The molecule has 0 aromatic heterocycles. The van der Waals surface area contributed by atoms with Gasteiger partial charge < -0.3 is 15.8 Å². The molecule has 4 N–H and O–H groups in total. The van der Waals surface area contributed by atoms with Crippen molar-refractivity contribution in [1.29, 1.82) is 0 Å². The number of nitrogens with zero attached hydrogens (tertiary/aromatic N) is 1. The van der Waals surface area contributed by atoms with Gasteiger partial charge in [0.1, 0.15) is 6.10 Å². The molecule has 2 rings (SSSR count). The molecule has 0 spiro atoms. The van der Waals surface area contributed by atoms with E-state index in [1.165, 1.54) is 0 Å². The summed E-state index contributed by atoms with van der Waals surface area (Å²) in [7, 11) is 0. The Morgan fingerprint density at radius 1 is 1.26 bits per heavy atom. The van der Waals surface area contributed by atoms with Gasteiger partial charge in [-0.1, -0.05) is 30.3 Å². The molecule has 1 aromatic rings. The number of hydrogen-bond acceptors (Lipinski definition) is 5. The fraction of sp³-hybridized carbons (Fsp3) is 0.400. The van der Waals surface area contributed by atoms with Crippen LogP contribution in [0.3, 0.4) is 0 Å². The highest BCUT2D eigenvalue weighted by atomic mass is 16.5. The predicted octanol–water partition coefficient (Wildman–Crippen LogP) is -0.801. The van der Waals surface area contributed by atoms with Crippen molar-refractivity contribution in [3.8, 4) is 0 Å². The minimum atomic E-state index is -0.719. The van der Waals surface area contributed by atoms with E-state index in [0.717, 1.165) is 5.56 Å². The third-order valence-electron chi connectivity index (χ3n) is 3.38. The van der Waals surface area contributed by atoms with Crippen molar-refractivity contribution in [3.63, 3.8) is 0 Å². The van der Waals surface area contributed by atoms with Gasteiger partial charge in [0.2, 0.25) is 11.8 Å². The summed E-state index contributed by atoms with van der Waals surface area (Å²) in [6, 6.07) is 8.81. The first-order valence-corrected chi connectivity index (χ1v) is 7.29. The van der Waals surface area contributed by atoms with Gasteiger partial charge >= 0.3 is 6.03 Å². The number of primary amides is 1. The van der Waals surface area contributed by atoms with Crippen LogP contribution in [-0.2, 0) is 20.9 Å². The molecule has 23 heavy (non-hydrogen) atoms. The number of urea groups is 1. The number of benzene rings is 1. The Bertz CT molecular complexity index is 564. The molecule has 8 nitrogen and oxygen atoms in total. The van der Waals surface area contributed by atoms with Crippen molar-refractivity contribution in [1.82, 2.24) is 15.5 Å². The number of morpholine rings is 1. The molecule has 1 heterocycles. The molecule has 1 fully saturated rings. The maximum Gasteiger partial charge on any atom is 0.321 e. The summed E-state index contributed by atoms with van der Waals surface area (Å²) < 4.78 is 5.19. The average Bonchev–Trinajstić information content (AvgIpc) is 2.54. The Morgan fingerprint density at radius 2 is 2.00 bits per heavy atom. The van der Waals surface area contributed by atoms with Gasteiger partial charge in [-0.15, -0.1) is 0 Å². The van der Waals surface area contributed by atoms with Gasteiger partial charge in [0.15, 0.2) is 0 Å². The number of hydrogen-bond donors (Lipinski definition) is 3. The van der Waals surface area contributed by atoms with Gasteiger partial charge in [-0.25, -0.2) is 4.79 Å². The minimum absolute atomic E-state index is 0.00585. The maximum absolute atomic E-state index is 11.8. The Labute approximate surface area is 134 Å². The SMILES string of the molecule is NC(=O)C1CN(CC(=O)NC(=O)NCc2ccccc2)CCO1. The van der Waals surface area contributed by atoms with Crippen LogP contribution in [0.4, 0.5) is 4.79 Å². The summed E-state index contributed by atoms with van der Waals surface area (Å²) in [4.78, 5) is 36.3. The van der Waals surface area contributed by atoms with Crippen molar-refractivity contribution in [2.45, 2.75) is 12.6 Å². The van der Waals surface area contributed by atoms with Crippen molar-refractivity contribution < 1.29 is 19.1 Å². The van der Waals surface area contributed by atoms with Gasteiger partial charge in [-0.2, -0.15) is 0 Å². The van der Waals surface area contributed by atoms with E-state index < -0.39 is 23.9 Å². The number of amides is 4. The standard InChI is InChI=1S/C15H20N4O4/c16-14(21)12-9-19(6-7-23-12)10-13(20)18-15(22)17-8-11-4-2-1-3-5-11/h1-5,12H,6-10H2,(H2,16,21)(H2,17,18,20,22). The molecule has 0 bridgehead atoms. The largest absolute Gasteiger partial charge is 0.367 e. The van der Waals surface area contributed by atoms with E-state index in [0.29, 0.717) is 19.7 Å². The van der Waals surface area contributed by atoms with Gasteiger partial charge in [0.05, 0.1) is 13.2 Å². The summed E-state index contributed by atoms with van der Waals surface area (Å²) >= 11 is 0. The minimum Gasteiger partial charge on any atom is -0.367 e. The highest BCUT2D eigenvalue weighted by Crippen LogP contribution is 2.04. The second-order valence-electron chi connectivity index (χ2n) is 5.21. The van der Waals surface area contributed by atoms with Crippen LogP contribution < -0.4 is 16.4 Å². The van der Waals surface area contributed by atoms with E-state index in [4.69, 9.17) is 10.5 Å². The van der Waals surface area contributed by atoms with Crippen LogP contribution in [0.15, 0.2) is 30.3 Å². The normalized spacial score (nSPS) is 18.2. The monoisotopic (exact) mass is 320 g/mol. The molecule has 0 saturated carbocycles. The Kier molecular flexibility index (Phi) is 6.07. The summed E-state index contributed by atoms with van der Waals surface area (Å²) in [6.07, 6.45) is -0.719. The van der Waals surface area contributed by atoms with E-state index in [2.05, 4.69) is 10.6 Å². The zero-order chi connectivity index (χ0) is 16.7. The lowest BCUT2D eigenvalue weighted by Gasteiger charge is -2.30. The number of nitrogens with two attached hydrogens (primary N) is 1. The smallest absolute Gasteiger partial charge is 0.321 e. The molecule has 0 aliphatic carbocycles. The predicted molar refractivity (Wildman–Crippen MR) is 82.2 cm³/mol. The summed E-state index contributed by atoms with van der Waals surface area (Å²) in [6.45, 7) is 1.41. The zero-order valence-corrected chi connectivity index (χ0v) is 12.7. The van der Waals surface area contributed by atoms with Crippen LogP contribution in [0.5, 0.6) is 0 Å². The zero-order valence-electron chi connectivity index (χ0n) is 12.7. The van der Waals surface area contributed by atoms with Gasteiger partial charge in [0.25, 0.3) is 0 Å². The summed E-state index contributed by atoms with van der Waals surface area (Å²) in [5.74, 6) is -1.00. The third-order valence-corrected chi connectivity index (χ3v) is 3.38. The fourth-order valence-corrected chi connectivity index (χ4v) is 2.21. The maximum atomic E-state index is 11.8. The van der Waals surface area contributed by atoms with Gasteiger partial charge in [-0.3, -0.25) is 19.8 Å². The van der Waals surface area contributed by atoms with Crippen molar-refractivity contribution in [2.75, 3.05) is 26.2 Å². The lowest BCUT2D eigenvalue weighted by Crippen LogP contribution is -2.52. The molecule has 124 valence electrons. The van der Waals surface area contributed by atoms with E-state index in [9.17, 15) is 14.4 Å². The number of carbonyl (C=O) groups is 3. The van der Waals surface area contributed by atoms with Crippen LogP contribution in [0.1, 0.15) is 5.56 Å². The van der Waals surface area contributed by atoms with E-state index in [-0.39, 0.29) is 13.1 Å². The first kappa shape index (κ1) is 16.9. The van der Waals surface area contributed by atoms with Crippen LogP contribution in [0, 0.1) is 0 Å². The summed E-state index contributed by atoms with van der Waals surface area (Å²) in [5.41, 5.74) is 6.12. The lowest BCUT2D eigenvalue weighted by atomic mass is 10.2. The van der Waals surface area contributed by atoms with Crippen molar-refractivity contribution >= 4 is 17.8 Å². The summed E-state index contributed by atoms with van der Waals surface area (Å²) in [5, 5.41) is 4.86. The number of imide groups is 1. The molecule has 1 aliphatic heterocycles. The average molecular weight is 320 g/mol. The first-order chi connectivity index (χ1) is 11.0. The quantitative estimate of drug-likeness (QED) is 0.657. The second kappa shape index (κ2) is 8.25. The van der Waals surface area contributed by atoms with Crippen molar-refractivity contribution in [3.05, 3.63) is 35.9 Å². The molecule has 1 aliphatic rings. The van der Waals surface area contributed by atoms with Crippen molar-refractivity contribution in [2.24, 2.45) is 5.73 Å². The molecule has 0 radical (unpaired) electrons. The lowest BCUT2D eigenvalue weighted by molar-refractivity contribution is -0.137. The van der Waals surface area contributed by atoms with Crippen LogP contribution in [0.2, 0.25) is 0 Å². The number of nitrogens with one attached hydrogen (secondary N) is 2. The molecule has 4 amide bonds. The molecule has 1 aromatic carbocycles. The highest BCUT2D eigenvalue weighted by molar-refractivity contribution is 5.95. The Balaban J connectivity index is 1.71. The molecule has 1 atom stereocenters. The topological polar surface area (TPSA) is 114 Å². The molecular weight excluding hydrogens is 300 g/mol. The van der Waals surface area contributed by atoms with E-state index in [1.54, 1.807) is 4.90 Å². The molecule has 1 unspecified atom stereocenters. The number of carbonyl (C=O) groups excluding carboxylic acids is 3. The van der Waals surface area contributed by atoms with Gasteiger partial charge in [0, 0.05) is 19.6 Å². The fourth-order valence-electron chi connectivity index (χ4n) is 2.21. The number of rotatable bonds is 5. The molecule has 8 heteroatoms. The van der Waals surface area contributed by atoms with E-state index >= 15 is 0 Å². The molecule has 1 saturated heterocycles. The highest BCUT2D eigenvalue weighted by Gasteiger charge is 2.26. The third kappa shape index (κ3) is 5.68. The number of ether oxygens (including phenoxy) is 1. The second-order valence-corrected chi connectivity index (χ2v) is 5.21. The van der Waals surface area contributed by atoms with Crippen LogP contribution >= 0.6 is 0 Å². The van der Waals surface area contributed by atoms with E-state index in [1.807, 2.05) is 30.3 Å². The first-order valence-electron chi connectivity index (χ1n) is 7.29.